The lowest BCUT2D eigenvalue weighted by molar-refractivity contribution is -0.113. The zero-order valence-electron chi connectivity index (χ0n) is 15.8. The topological polar surface area (TPSA) is 71.5 Å². The highest BCUT2D eigenvalue weighted by Gasteiger charge is 2.43. The van der Waals surface area contributed by atoms with Crippen LogP contribution in [0.2, 0.25) is 0 Å². The molecule has 1 saturated heterocycles. The zero-order valence-corrected chi connectivity index (χ0v) is 16.6. The van der Waals surface area contributed by atoms with Gasteiger partial charge in [0, 0.05) is 36.6 Å². The van der Waals surface area contributed by atoms with Gasteiger partial charge in [-0.3, -0.25) is 9.59 Å². The Hall–Kier alpha value is -2.57. The maximum atomic E-state index is 13.0. The van der Waals surface area contributed by atoms with E-state index in [1.807, 2.05) is 6.92 Å². The molecule has 28 heavy (non-hydrogen) atoms. The Morgan fingerprint density at radius 3 is 2.29 bits per heavy atom. The Labute approximate surface area is 164 Å². The van der Waals surface area contributed by atoms with Crippen LogP contribution in [0.1, 0.15) is 34.8 Å². The number of benzene rings is 2. The summed E-state index contributed by atoms with van der Waals surface area (Å²) in [5.41, 5.74) is 3.84. The summed E-state index contributed by atoms with van der Waals surface area (Å²) in [6, 6.07) is 13.8. The number of carbonyl (C=O) groups is 2. The molecular weight excluding hydrogens is 374 g/mol. The fourth-order valence-electron chi connectivity index (χ4n) is 3.98. The molecule has 1 unspecified atom stereocenters. The van der Waals surface area contributed by atoms with Crippen molar-refractivity contribution in [2.45, 2.75) is 25.2 Å². The molecule has 1 atom stereocenters. The van der Waals surface area contributed by atoms with Gasteiger partial charge in [0.2, 0.25) is 10.0 Å². The molecule has 4 rings (SSSR count). The number of hydrogen-bond acceptors (Lipinski definition) is 4. The molecule has 2 aliphatic rings. The Morgan fingerprint density at radius 2 is 1.68 bits per heavy atom. The molecule has 0 N–H and O–H groups in total. The van der Waals surface area contributed by atoms with E-state index in [2.05, 4.69) is 0 Å². The Bertz CT molecular complexity index is 1100. The van der Waals surface area contributed by atoms with E-state index in [0.717, 1.165) is 16.7 Å². The first-order chi connectivity index (χ1) is 13.3. The van der Waals surface area contributed by atoms with Crippen molar-refractivity contribution in [2.24, 2.45) is 5.92 Å². The number of sulfonamides is 1. The quantitative estimate of drug-likeness (QED) is 0.745. The van der Waals surface area contributed by atoms with Crippen molar-refractivity contribution >= 4 is 27.2 Å². The molecule has 0 amide bonds. The molecule has 0 radical (unpaired) electrons. The molecule has 0 spiro atoms. The normalized spacial score (nSPS) is 19.9. The molecule has 1 fully saturated rings. The van der Waals surface area contributed by atoms with Crippen LogP contribution in [-0.2, 0) is 14.8 Å². The van der Waals surface area contributed by atoms with Gasteiger partial charge in [-0.1, -0.05) is 42.0 Å². The molecule has 1 heterocycles. The zero-order chi connectivity index (χ0) is 20.1. The van der Waals surface area contributed by atoms with Crippen LogP contribution in [0.25, 0.3) is 5.57 Å². The largest absolute Gasteiger partial charge is 0.295 e. The van der Waals surface area contributed by atoms with Gasteiger partial charge in [-0.05, 0) is 37.1 Å². The Kier molecular flexibility index (Phi) is 4.56. The van der Waals surface area contributed by atoms with E-state index in [1.54, 1.807) is 48.5 Å². The third-order valence-corrected chi connectivity index (χ3v) is 7.36. The van der Waals surface area contributed by atoms with Gasteiger partial charge in [0.05, 0.1) is 4.90 Å². The summed E-state index contributed by atoms with van der Waals surface area (Å²) < 4.78 is 27.5. The molecule has 1 aliphatic heterocycles. The minimum absolute atomic E-state index is 0.0314. The summed E-state index contributed by atoms with van der Waals surface area (Å²) in [5, 5.41) is 0. The van der Waals surface area contributed by atoms with E-state index in [4.69, 9.17) is 0 Å². The minimum atomic E-state index is -3.60. The smallest absolute Gasteiger partial charge is 0.243 e. The molecule has 0 saturated carbocycles. The molecule has 2 aromatic carbocycles. The number of aryl methyl sites for hydroxylation is 1. The van der Waals surface area contributed by atoms with Crippen LogP contribution in [-0.4, -0.2) is 37.4 Å². The van der Waals surface area contributed by atoms with Gasteiger partial charge in [-0.15, -0.1) is 0 Å². The molecule has 2 aromatic rings. The standard InChI is InChI=1S/C22H21NO4S/c1-14-3-9-19(10-4-14)28(26,27)23-12-18-11-21(25)22(20(18)13-23)17-7-5-16(6-8-17)15(2)24/h3-10,18H,11-13H2,1-2H3. The monoisotopic (exact) mass is 395 g/mol. The van der Waals surface area contributed by atoms with Gasteiger partial charge in [0.25, 0.3) is 0 Å². The Balaban J connectivity index is 1.67. The average molecular weight is 395 g/mol. The highest BCUT2D eigenvalue weighted by Crippen LogP contribution is 2.41. The van der Waals surface area contributed by atoms with Crippen LogP contribution in [0.4, 0.5) is 0 Å². The second-order valence-electron chi connectivity index (χ2n) is 7.47. The minimum Gasteiger partial charge on any atom is -0.295 e. The van der Waals surface area contributed by atoms with Crippen molar-refractivity contribution < 1.29 is 18.0 Å². The summed E-state index contributed by atoms with van der Waals surface area (Å²) in [6.45, 7) is 3.97. The number of hydrogen-bond donors (Lipinski definition) is 0. The number of nitrogens with zero attached hydrogens (tertiary/aromatic N) is 1. The van der Waals surface area contributed by atoms with E-state index in [9.17, 15) is 18.0 Å². The number of fused-ring (bicyclic) bond motifs is 1. The van der Waals surface area contributed by atoms with Gasteiger partial charge in [0.1, 0.15) is 0 Å². The summed E-state index contributed by atoms with van der Waals surface area (Å²) in [5.74, 6) is -0.0609. The molecule has 5 nitrogen and oxygen atoms in total. The van der Waals surface area contributed by atoms with Crippen LogP contribution >= 0.6 is 0 Å². The van der Waals surface area contributed by atoms with Gasteiger partial charge >= 0.3 is 0 Å². The fourth-order valence-corrected chi connectivity index (χ4v) is 5.44. The summed E-state index contributed by atoms with van der Waals surface area (Å²) in [6.07, 6.45) is 0.332. The van der Waals surface area contributed by atoms with Gasteiger partial charge < -0.3 is 0 Å². The lowest BCUT2D eigenvalue weighted by Gasteiger charge is -2.17. The molecular formula is C22H21NO4S. The first kappa shape index (κ1) is 18.8. The van der Waals surface area contributed by atoms with E-state index >= 15 is 0 Å². The first-order valence-corrected chi connectivity index (χ1v) is 10.7. The second kappa shape index (κ2) is 6.79. The molecule has 1 aliphatic carbocycles. The van der Waals surface area contributed by atoms with E-state index in [1.165, 1.54) is 11.2 Å². The number of Topliss-reactive ketones (excluding diaryl/α,β-unsaturated/α-hetero) is 2. The summed E-state index contributed by atoms with van der Waals surface area (Å²) >= 11 is 0. The van der Waals surface area contributed by atoms with Gasteiger partial charge in [-0.2, -0.15) is 4.31 Å². The number of carbonyl (C=O) groups excluding carboxylic acids is 2. The molecule has 0 bridgehead atoms. The predicted octanol–water partition coefficient (Wildman–Crippen LogP) is 3.24. The fraction of sp³-hybridized carbons (Fsp3) is 0.273. The lowest BCUT2D eigenvalue weighted by Crippen LogP contribution is -2.29. The van der Waals surface area contributed by atoms with Gasteiger partial charge in [0.15, 0.2) is 11.6 Å². The van der Waals surface area contributed by atoms with Crippen LogP contribution in [0.15, 0.2) is 59.0 Å². The van der Waals surface area contributed by atoms with Crippen molar-refractivity contribution in [3.8, 4) is 0 Å². The van der Waals surface area contributed by atoms with E-state index in [-0.39, 0.29) is 28.9 Å². The van der Waals surface area contributed by atoms with E-state index < -0.39 is 10.0 Å². The van der Waals surface area contributed by atoms with E-state index in [0.29, 0.717) is 24.1 Å². The highest BCUT2D eigenvalue weighted by atomic mass is 32.2. The first-order valence-electron chi connectivity index (χ1n) is 9.22. The third kappa shape index (κ3) is 3.12. The third-order valence-electron chi connectivity index (χ3n) is 5.53. The number of ketones is 2. The van der Waals surface area contributed by atoms with Crippen molar-refractivity contribution in [3.63, 3.8) is 0 Å². The van der Waals surface area contributed by atoms with Gasteiger partial charge in [-0.25, -0.2) is 8.42 Å². The van der Waals surface area contributed by atoms with Crippen LogP contribution in [0, 0.1) is 12.8 Å². The van der Waals surface area contributed by atoms with Crippen molar-refractivity contribution in [2.75, 3.05) is 13.1 Å². The van der Waals surface area contributed by atoms with Crippen molar-refractivity contribution in [3.05, 3.63) is 70.8 Å². The molecule has 0 aromatic heterocycles. The Morgan fingerprint density at radius 1 is 1.04 bits per heavy atom. The summed E-state index contributed by atoms with van der Waals surface area (Å²) in [4.78, 5) is 24.3. The predicted molar refractivity (Wildman–Crippen MR) is 106 cm³/mol. The number of rotatable bonds is 4. The average Bonchev–Trinajstić information content (AvgIpc) is 3.19. The van der Waals surface area contributed by atoms with Crippen LogP contribution in [0.5, 0.6) is 0 Å². The molecule has 6 heteroatoms. The van der Waals surface area contributed by atoms with Crippen molar-refractivity contribution in [1.82, 2.24) is 4.31 Å². The van der Waals surface area contributed by atoms with Crippen LogP contribution in [0.3, 0.4) is 0 Å². The van der Waals surface area contributed by atoms with Crippen molar-refractivity contribution in [1.29, 1.82) is 0 Å². The number of allylic oxidation sites excluding steroid dienone is 1. The maximum Gasteiger partial charge on any atom is 0.243 e. The molecule has 144 valence electrons. The summed E-state index contributed by atoms with van der Waals surface area (Å²) in [7, 11) is -3.60. The lowest BCUT2D eigenvalue weighted by atomic mass is 9.98. The van der Waals surface area contributed by atoms with Crippen LogP contribution < -0.4 is 0 Å². The SMILES string of the molecule is CC(=O)c1ccc(C2=C3CN(S(=O)(=O)c4ccc(C)cc4)CC3CC2=O)cc1. The second-order valence-corrected chi connectivity index (χ2v) is 9.41. The highest BCUT2D eigenvalue weighted by molar-refractivity contribution is 7.89. The maximum absolute atomic E-state index is 13.0.